The van der Waals surface area contributed by atoms with E-state index < -0.39 is 0 Å². The normalized spacial score (nSPS) is 12.2. The van der Waals surface area contributed by atoms with E-state index in [1.807, 2.05) is 32.0 Å². The van der Waals surface area contributed by atoms with Crippen LogP contribution in [0.25, 0.3) is 0 Å². The number of hydrogen-bond donors (Lipinski definition) is 1. The van der Waals surface area contributed by atoms with E-state index in [2.05, 4.69) is 0 Å². The maximum absolute atomic E-state index is 6.21. The molecule has 1 heterocycles. The van der Waals surface area contributed by atoms with E-state index in [0.29, 0.717) is 29.9 Å². The SMILES string of the molecule is CCOc1ccc(C(N)c2ccoc2Cl)cc1OCC. The molecule has 1 unspecified atom stereocenters. The molecule has 2 N–H and O–H groups in total. The van der Waals surface area contributed by atoms with Crippen molar-refractivity contribution < 1.29 is 13.9 Å². The lowest BCUT2D eigenvalue weighted by Gasteiger charge is -2.15. The summed E-state index contributed by atoms with van der Waals surface area (Å²) in [5.41, 5.74) is 7.85. The maximum atomic E-state index is 6.21. The van der Waals surface area contributed by atoms with Crippen molar-refractivity contribution in [1.82, 2.24) is 0 Å². The first-order valence-electron chi connectivity index (χ1n) is 6.55. The summed E-state index contributed by atoms with van der Waals surface area (Å²) >= 11 is 5.96. The van der Waals surface area contributed by atoms with Crippen molar-refractivity contribution in [2.45, 2.75) is 19.9 Å². The van der Waals surface area contributed by atoms with Crippen LogP contribution in [0.1, 0.15) is 31.0 Å². The molecule has 2 rings (SSSR count). The average molecular weight is 296 g/mol. The second-order valence-electron chi connectivity index (χ2n) is 4.20. The van der Waals surface area contributed by atoms with Crippen molar-refractivity contribution in [3.8, 4) is 11.5 Å². The van der Waals surface area contributed by atoms with Crippen LogP contribution in [0.5, 0.6) is 11.5 Å². The Balaban J connectivity index is 2.32. The molecular weight excluding hydrogens is 278 g/mol. The molecule has 0 bridgehead atoms. The number of nitrogens with two attached hydrogens (primary N) is 1. The molecule has 5 heteroatoms. The Hall–Kier alpha value is -1.65. The zero-order valence-corrected chi connectivity index (χ0v) is 12.3. The maximum Gasteiger partial charge on any atom is 0.198 e. The van der Waals surface area contributed by atoms with E-state index in [1.54, 1.807) is 6.07 Å². The zero-order valence-electron chi connectivity index (χ0n) is 11.6. The Bertz CT molecular complexity index is 568. The van der Waals surface area contributed by atoms with Gasteiger partial charge in [-0.1, -0.05) is 6.07 Å². The van der Waals surface area contributed by atoms with Gasteiger partial charge in [0.2, 0.25) is 0 Å². The molecule has 0 aliphatic rings. The highest BCUT2D eigenvalue weighted by Gasteiger charge is 2.17. The molecule has 1 aromatic carbocycles. The minimum atomic E-state index is -0.365. The van der Waals surface area contributed by atoms with E-state index in [-0.39, 0.29) is 6.04 Å². The number of rotatable bonds is 6. The van der Waals surface area contributed by atoms with Gasteiger partial charge in [0, 0.05) is 5.56 Å². The van der Waals surface area contributed by atoms with Crippen LogP contribution >= 0.6 is 11.6 Å². The molecule has 1 aromatic heterocycles. The number of ether oxygens (including phenoxy) is 2. The van der Waals surface area contributed by atoms with Gasteiger partial charge < -0.3 is 19.6 Å². The second kappa shape index (κ2) is 6.68. The van der Waals surface area contributed by atoms with E-state index in [1.165, 1.54) is 6.26 Å². The van der Waals surface area contributed by atoms with Crippen LogP contribution in [-0.4, -0.2) is 13.2 Å². The molecule has 108 valence electrons. The lowest BCUT2D eigenvalue weighted by atomic mass is 10.0. The summed E-state index contributed by atoms with van der Waals surface area (Å²) in [5, 5.41) is 0.310. The molecule has 0 amide bonds. The summed E-state index contributed by atoms with van der Waals surface area (Å²) in [5.74, 6) is 1.39. The van der Waals surface area contributed by atoms with Gasteiger partial charge in [-0.05, 0) is 49.2 Å². The highest BCUT2D eigenvalue weighted by molar-refractivity contribution is 6.29. The quantitative estimate of drug-likeness (QED) is 0.881. The van der Waals surface area contributed by atoms with Gasteiger partial charge in [-0.25, -0.2) is 0 Å². The summed E-state index contributed by atoms with van der Waals surface area (Å²) in [6.45, 7) is 5.00. The molecule has 1 atom stereocenters. The van der Waals surface area contributed by atoms with Crippen molar-refractivity contribution in [3.05, 3.63) is 46.9 Å². The third-order valence-corrected chi connectivity index (χ3v) is 3.22. The standard InChI is InChI=1S/C15H18ClNO3/c1-3-18-12-6-5-10(9-13(12)19-4-2)14(17)11-7-8-20-15(11)16/h5-9,14H,3-4,17H2,1-2H3. The second-order valence-corrected chi connectivity index (χ2v) is 4.54. The van der Waals surface area contributed by atoms with Crippen molar-refractivity contribution >= 4 is 11.6 Å². The summed E-state index contributed by atoms with van der Waals surface area (Å²) in [4.78, 5) is 0. The summed E-state index contributed by atoms with van der Waals surface area (Å²) in [6.07, 6.45) is 1.52. The van der Waals surface area contributed by atoms with Gasteiger partial charge in [-0.2, -0.15) is 0 Å². The number of benzene rings is 1. The van der Waals surface area contributed by atoms with Gasteiger partial charge in [0.15, 0.2) is 16.7 Å². The predicted octanol–water partition coefficient (Wildman–Crippen LogP) is 3.78. The first-order valence-corrected chi connectivity index (χ1v) is 6.93. The number of halogens is 1. The summed E-state index contributed by atoms with van der Waals surface area (Å²) in [6, 6.07) is 7.04. The molecule has 20 heavy (non-hydrogen) atoms. The van der Waals surface area contributed by atoms with E-state index >= 15 is 0 Å². The van der Waals surface area contributed by atoms with Crippen molar-refractivity contribution in [2.75, 3.05) is 13.2 Å². The van der Waals surface area contributed by atoms with E-state index in [0.717, 1.165) is 11.1 Å². The van der Waals surface area contributed by atoms with Crippen molar-refractivity contribution in [3.63, 3.8) is 0 Å². The largest absolute Gasteiger partial charge is 0.490 e. The van der Waals surface area contributed by atoms with Crippen LogP contribution in [0.15, 0.2) is 34.9 Å². The third kappa shape index (κ3) is 3.08. The van der Waals surface area contributed by atoms with Gasteiger partial charge in [-0.15, -0.1) is 0 Å². The molecule has 0 aliphatic heterocycles. The minimum Gasteiger partial charge on any atom is -0.490 e. The fraction of sp³-hybridized carbons (Fsp3) is 0.333. The summed E-state index contributed by atoms with van der Waals surface area (Å²) < 4.78 is 16.2. The van der Waals surface area contributed by atoms with Gasteiger partial charge in [-0.3, -0.25) is 0 Å². The Labute approximate surface area is 123 Å². The van der Waals surface area contributed by atoms with Crippen LogP contribution < -0.4 is 15.2 Å². The van der Waals surface area contributed by atoms with Crippen LogP contribution in [0.4, 0.5) is 0 Å². The monoisotopic (exact) mass is 295 g/mol. The highest BCUT2D eigenvalue weighted by atomic mass is 35.5. The molecule has 4 nitrogen and oxygen atoms in total. The Kier molecular flexibility index (Phi) is 4.93. The lowest BCUT2D eigenvalue weighted by Crippen LogP contribution is -2.12. The molecule has 0 saturated heterocycles. The van der Waals surface area contributed by atoms with Crippen molar-refractivity contribution in [1.29, 1.82) is 0 Å². The predicted molar refractivity (Wildman–Crippen MR) is 78.5 cm³/mol. The van der Waals surface area contributed by atoms with Gasteiger partial charge in [0.1, 0.15) is 0 Å². The third-order valence-electron chi connectivity index (χ3n) is 2.91. The van der Waals surface area contributed by atoms with E-state index in [9.17, 15) is 0 Å². The van der Waals surface area contributed by atoms with Crippen LogP contribution in [-0.2, 0) is 0 Å². The molecule has 0 spiro atoms. The smallest absolute Gasteiger partial charge is 0.198 e. The molecule has 0 saturated carbocycles. The van der Waals surface area contributed by atoms with Crippen molar-refractivity contribution in [2.24, 2.45) is 5.73 Å². The Morgan fingerprint density at radius 3 is 2.45 bits per heavy atom. The number of hydrogen-bond acceptors (Lipinski definition) is 4. The fourth-order valence-electron chi connectivity index (χ4n) is 1.97. The Morgan fingerprint density at radius 2 is 1.85 bits per heavy atom. The van der Waals surface area contributed by atoms with Gasteiger partial charge >= 0.3 is 0 Å². The molecule has 0 aliphatic carbocycles. The molecule has 0 radical (unpaired) electrons. The van der Waals surface area contributed by atoms with Gasteiger partial charge in [0.25, 0.3) is 0 Å². The topological polar surface area (TPSA) is 57.6 Å². The first-order chi connectivity index (χ1) is 9.67. The zero-order chi connectivity index (χ0) is 14.5. The first kappa shape index (κ1) is 14.8. The average Bonchev–Trinajstić information content (AvgIpc) is 2.86. The molecule has 0 fully saturated rings. The fourth-order valence-corrected chi connectivity index (χ4v) is 2.20. The Morgan fingerprint density at radius 1 is 1.15 bits per heavy atom. The summed E-state index contributed by atoms with van der Waals surface area (Å²) in [7, 11) is 0. The van der Waals surface area contributed by atoms with Gasteiger partial charge in [0.05, 0.1) is 25.5 Å². The number of furan rings is 1. The minimum absolute atomic E-state index is 0.310. The molecular formula is C15H18ClNO3. The molecule has 2 aromatic rings. The van der Waals surface area contributed by atoms with Crippen LogP contribution in [0.3, 0.4) is 0 Å². The van der Waals surface area contributed by atoms with E-state index in [4.69, 9.17) is 31.2 Å². The lowest BCUT2D eigenvalue weighted by molar-refractivity contribution is 0.287. The highest BCUT2D eigenvalue weighted by Crippen LogP contribution is 2.34. The van der Waals surface area contributed by atoms with Crippen LogP contribution in [0, 0.1) is 0 Å². The van der Waals surface area contributed by atoms with Crippen LogP contribution in [0.2, 0.25) is 5.22 Å².